The quantitative estimate of drug-likeness (QED) is 0.0756. The van der Waals surface area contributed by atoms with Gasteiger partial charge < -0.3 is 19.5 Å². The lowest BCUT2D eigenvalue weighted by Crippen LogP contribution is -2.26. The number of aryl methyl sites for hydroxylation is 1. The maximum Gasteiger partial charge on any atom is 0.335 e. The summed E-state index contributed by atoms with van der Waals surface area (Å²) < 4.78 is 11.5. The molecule has 8 nitrogen and oxygen atoms in total. The average molecular weight is 634 g/mol. The third-order valence-corrected chi connectivity index (χ3v) is 7.67. The summed E-state index contributed by atoms with van der Waals surface area (Å²) in [7, 11) is 2.14. The van der Waals surface area contributed by atoms with Crippen LogP contribution in [-0.2, 0) is 6.42 Å². The minimum absolute atomic E-state index is 0.0962. The minimum atomic E-state index is -1.01. The second-order valence-corrected chi connectivity index (χ2v) is 11.3. The monoisotopic (exact) mass is 632 g/mol. The van der Waals surface area contributed by atoms with E-state index in [-0.39, 0.29) is 24.7 Å². The lowest BCUT2D eigenvalue weighted by molar-refractivity contribution is 0.0697. The van der Waals surface area contributed by atoms with Gasteiger partial charge >= 0.3 is 5.97 Å². The Morgan fingerprint density at radius 3 is 1.82 bits per heavy atom. The number of hydrogen-bond acceptors (Lipinski definition) is 5. The number of carboxylic acid groups (broad SMARTS) is 1. The summed E-state index contributed by atoms with van der Waals surface area (Å²) >= 11 is 12.3. The standard InChI is InChI=1S/C34H34Cl2N4O4/c1-40(21-33(25-6-12-28(35)13-7-25)26-8-14-29(36)15-9-26)20-2-3-24-4-16-31(17-5-24)43-22-30(38-39-37)23-44-32-18-10-27(11-19-32)34(41)42/h4-19,30,33H,2-3,20-23H2,1H3,(H,41,42). The number of ether oxygens (including phenoxy) is 2. The fourth-order valence-corrected chi connectivity index (χ4v) is 5.02. The topological polar surface area (TPSA) is 108 Å². The van der Waals surface area contributed by atoms with Gasteiger partial charge in [-0.2, -0.15) is 0 Å². The third-order valence-electron chi connectivity index (χ3n) is 7.17. The molecule has 0 amide bonds. The first-order valence-corrected chi connectivity index (χ1v) is 15.0. The van der Waals surface area contributed by atoms with E-state index in [9.17, 15) is 4.79 Å². The molecule has 1 atom stereocenters. The maximum absolute atomic E-state index is 11.0. The van der Waals surface area contributed by atoms with Crippen molar-refractivity contribution in [3.05, 3.63) is 140 Å². The summed E-state index contributed by atoms with van der Waals surface area (Å²) in [5.41, 5.74) is 12.7. The van der Waals surface area contributed by atoms with Gasteiger partial charge in [0.1, 0.15) is 17.5 Å². The molecule has 10 heteroatoms. The second kappa shape index (κ2) is 16.6. The van der Waals surface area contributed by atoms with E-state index >= 15 is 0 Å². The molecule has 0 aliphatic heterocycles. The van der Waals surface area contributed by atoms with Crippen LogP contribution in [0.4, 0.5) is 0 Å². The maximum atomic E-state index is 11.0. The highest BCUT2D eigenvalue weighted by Crippen LogP contribution is 2.28. The fraction of sp³-hybridized carbons (Fsp3) is 0.265. The number of hydrogen-bond donors (Lipinski definition) is 1. The van der Waals surface area contributed by atoms with E-state index < -0.39 is 12.0 Å². The first-order valence-electron chi connectivity index (χ1n) is 14.2. The summed E-state index contributed by atoms with van der Waals surface area (Å²) in [6.45, 7) is 2.03. The normalized spacial score (nSPS) is 11.7. The number of rotatable bonds is 16. The Labute approximate surface area is 267 Å². The van der Waals surface area contributed by atoms with Gasteiger partial charge in [-0.3, -0.25) is 0 Å². The molecule has 0 saturated heterocycles. The highest BCUT2D eigenvalue weighted by Gasteiger charge is 2.17. The number of aromatic carboxylic acids is 1. The summed E-state index contributed by atoms with van der Waals surface area (Å²) in [5, 5.41) is 14.2. The predicted molar refractivity (Wildman–Crippen MR) is 174 cm³/mol. The number of nitrogens with zero attached hydrogens (tertiary/aromatic N) is 4. The smallest absolute Gasteiger partial charge is 0.335 e. The summed E-state index contributed by atoms with van der Waals surface area (Å²) in [5.74, 6) is 0.337. The number of carbonyl (C=O) groups is 1. The van der Waals surface area contributed by atoms with Gasteiger partial charge in [0, 0.05) is 27.4 Å². The van der Waals surface area contributed by atoms with Gasteiger partial charge in [-0.05, 0) is 109 Å². The molecule has 1 N–H and O–H groups in total. The van der Waals surface area contributed by atoms with Gasteiger partial charge in [-0.25, -0.2) is 4.79 Å². The van der Waals surface area contributed by atoms with Crippen LogP contribution in [0.5, 0.6) is 11.5 Å². The zero-order chi connectivity index (χ0) is 31.3. The van der Waals surface area contributed by atoms with Crippen LogP contribution in [0.1, 0.15) is 39.4 Å². The van der Waals surface area contributed by atoms with Crippen molar-refractivity contribution in [3.8, 4) is 11.5 Å². The molecule has 0 bridgehead atoms. The van der Waals surface area contributed by atoms with Crippen molar-refractivity contribution in [2.45, 2.75) is 24.8 Å². The first-order chi connectivity index (χ1) is 21.3. The van der Waals surface area contributed by atoms with Crippen LogP contribution in [-0.4, -0.2) is 55.4 Å². The molecule has 228 valence electrons. The molecule has 0 fully saturated rings. The second-order valence-electron chi connectivity index (χ2n) is 10.5. The van der Waals surface area contributed by atoms with Crippen molar-refractivity contribution >= 4 is 29.2 Å². The van der Waals surface area contributed by atoms with Crippen molar-refractivity contribution in [3.63, 3.8) is 0 Å². The number of likely N-dealkylation sites (N-methyl/N-ethyl adjacent to an activating group) is 1. The van der Waals surface area contributed by atoms with Gasteiger partial charge in [0.15, 0.2) is 0 Å². The molecule has 4 aromatic carbocycles. The van der Waals surface area contributed by atoms with E-state index in [0.717, 1.165) is 36.0 Å². The zero-order valence-electron chi connectivity index (χ0n) is 24.4. The van der Waals surface area contributed by atoms with Crippen molar-refractivity contribution in [1.82, 2.24) is 4.90 Å². The highest BCUT2D eigenvalue weighted by molar-refractivity contribution is 6.30. The van der Waals surface area contributed by atoms with Gasteiger partial charge in [-0.1, -0.05) is 64.7 Å². The van der Waals surface area contributed by atoms with Crippen LogP contribution in [0, 0.1) is 0 Å². The molecular formula is C34H34Cl2N4O4. The summed E-state index contributed by atoms with van der Waals surface area (Å²) in [6, 6.07) is 29.5. The van der Waals surface area contributed by atoms with E-state index in [1.807, 2.05) is 48.5 Å². The molecule has 44 heavy (non-hydrogen) atoms. The Bertz CT molecular complexity index is 1480. The molecule has 0 aliphatic rings. The van der Waals surface area contributed by atoms with Crippen LogP contribution in [0.2, 0.25) is 10.0 Å². The van der Waals surface area contributed by atoms with E-state index in [1.54, 1.807) is 12.1 Å². The number of halogens is 2. The molecular weight excluding hydrogens is 599 g/mol. The number of benzene rings is 4. The van der Waals surface area contributed by atoms with Crippen LogP contribution in [0.3, 0.4) is 0 Å². The fourth-order valence-electron chi connectivity index (χ4n) is 4.77. The van der Waals surface area contributed by atoms with Crippen LogP contribution < -0.4 is 9.47 Å². The number of azide groups is 1. The van der Waals surface area contributed by atoms with E-state index in [1.165, 1.54) is 28.8 Å². The third kappa shape index (κ3) is 10.2. The molecule has 0 aliphatic carbocycles. The zero-order valence-corrected chi connectivity index (χ0v) is 25.9. The lowest BCUT2D eigenvalue weighted by Gasteiger charge is -2.25. The average Bonchev–Trinajstić information content (AvgIpc) is 3.03. The Morgan fingerprint density at radius 2 is 1.34 bits per heavy atom. The predicted octanol–water partition coefficient (Wildman–Crippen LogP) is 8.52. The molecule has 0 spiro atoms. The Hall–Kier alpha value is -4.20. The van der Waals surface area contributed by atoms with E-state index in [4.69, 9.17) is 43.3 Å². The van der Waals surface area contributed by atoms with Crippen molar-refractivity contribution in [2.75, 3.05) is 33.4 Å². The summed E-state index contributed by atoms with van der Waals surface area (Å²) in [4.78, 5) is 16.2. The molecule has 4 rings (SSSR count). The number of carboxylic acids is 1. The van der Waals surface area contributed by atoms with Crippen molar-refractivity contribution in [1.29, 1.82) is 0 Å². The lowest BCUT2D eigenvalue weighted by atomic mass is 9.91. The van der Waals surface area contributed by atoms with Crippen LogP contribution in [0.15, 0.2) is 102 Å². The largest absolute Gasteiger partial charge is 0.493 e. The summed E-state index contributed by atoms with van der Waals surface area (Å²) in [6.07, 6.45) is 1.92. The molecule has 4 aromatic rings. The van der Waals surface area contributed by atoms with Crippen LogP contribution in [0.25, 0.3) is 10.4 Å². The minimum Gasteiger partial charge on any atom is -0.493 e. The van der Waals surface area contributed by atoms with Gasteiger partial charge in [0.25, 0.3) is 0 Å². The van der Waals surface area contributed by atoms with E-state index in [0.29, 0.717) is 11.5 Å². The molecule has 0 heterocycles. The van der Waals surface area contributed by atoms with Crippen molar-refractivity contribution in [2.24, 2.45) is 5.11 Å². The van der Waals surface area contributed by atoms with E-state index in [2.05, 4.69) is 46.2 Å². The molecule has 0 aromatic heterocycles. The van der Waals surface area contributed by atoms with Crippen molar-refractivity contribution < 1.29 is 19.4 Å². The molecule has 0 saturated carbocycles. The SMILES string of the molecule is CN(CCCc1ccc(OCC(COc2ccc(C(=O)O)cc2)N=[N+]=[N-])cc1)CC(c1ccc(Cl)cc1)c1ccc(Cl)cc1. The Morgan fingerprint density at radius 1 is 0.841 bits per heavy atom. The van der Waals surface area contributed by atoms with Crippen LogP contribution >= 0.6 is 23.2 Å². The van der Waals surface area contributed by atoms with Gasteiger partial charge in [0.05, 0.1) is 18.8 Å². The Kier molecular flexibility index (Phi) is 12.3. The molecule has 1 unspecified atom stereocenters. The van der Waals surface area contributed by atoms with Gasteiger partial charge in [0.2, 0.25) is 0 Å². The Balaban J connectivity index is 1.24. The van der Waals surface area contributed by atoms with Gasteiger partial charge in [-0.15, -0.1) is 0 Å². The molecule has 0 radical (unpaired) electrons. The first kappa shape index (κ1) is 32.7. The highest BCUT2D eigenvalue weighted by atomic mass is 35.5.